The molecule has 0 aromatic heterocycles. The van der Waals surface area contributed by atoms with Crippen molar-refractivity contribution in [1.82, 2.24) is 5.32 Å². The molecular weight excluding hydrogens is 389 g/mol. The molecule has 0 saturated carbocycles. The van der Waals surface area contributed by atoms with Crippen LogP contribution in [0.1, 0.15) is 18.5 Å². The van der Waals surface area contributed by atoms with Crippen molar-refractivity contribution in [3.8, 4) is 11.5 Å². The first-order valence-corrected chi connectivity index (χ1v) is 7.69. The minimum absolute atomic E-state index is 0.125. The lowest BCUT2D eigenvalue weighted by molar-refractivity contribution is 0.461. The van der Waals surface area contributed by atoms with Gasteiger partial charge in [-0.05, 0) is 44.3 Å². The van der Waals surface area contributed by atoms with Gasteiger partial charge in [-0.1, -0.05) is 31.9 Å². The van der Waals surface area contributed by atoms with Gasteiger partial charge in [-0.25, -0.2) is 4.39 Å². The summed E-state index contributed by atoms with van der Waals surface area (Å²) in [6, 6.07) is 10.4. The lowest BCUT2D eigenvalue weighted by Gasteiger charge is -2.17. The third-order valence-corrected chi connectivity index (χ3v) is 3.89. The molecule has 2 rings (SSSR count). The summed E-state index contributed by atoms with van der Waals surface area (Å²) in [4.78, 5) is 0. The molecule has 2 aromatic carbocycles. The molecule has 0 fully saturated rings. The van der Waals surface area contributed by atoms with Crippen molar-refractivity contribution in [2.24, 2.45) is 0 Å². The predicted octanol–water partition coefficient (Wildman–Crippen LogP) is 5.42. The van der Waals surface area contributed by atoms with Crippen molar-refractivity contribution in [2.45, 2.75) is 13.0 Å². The number of benzene rings is 2. The number of hydrogen-bond donors (Lipinski definition) is 1. The van der Waals surface area contributed by atoms with Crippen LogP contribution in [0.2, 0.25) is 0 Å². The van der Waals surface area contributed by atoms with Gasteiger partial charge in [0.15, 0.2) is 0 Å². The molecule has 0 aliphatic carbocycles. The fourth-order valence-electron chi connectivity index (χ4n) is 1.82. The van der Waals surface area contributed by atoms with Crippen LogP contribution in [0.15, 0.2) is 45.3 Å². The average molecular weight is 403 g/mol. The Morgan fingerprint density at radius 2 is 1.85 bits per heavy atom. The molecule has 0 aliphatic rings. The fourth-order valence-corrected chi connectivity index (χ4v) is 2.64. The molecule has 0 bridgehead atoms. The van der Waals surface area contributed by atoms with Crippen LogP contribution >= 0.6 is 31.9 Å². The van der Waals surface area contributed by atoms with E-state index in [0.29, 0.717) is 16.0 Å². The van der Waals surface area contributed by atoms with Crippen LogP contribution in [0.3, 0.4) is 0 Å². The Kier molecular flexibility index (Phi) is 5.18. The maximum atomic E-state index is 13.4. The maximum absolute atomic E-state index is 13.4. The van der Waals surface area contributed by atoms with Crippen LogP contribution < -0.4 is 10.1 Å². The van der Waals surface area contributed by atoms with E-state index in [2.05, 4.69) is 37.2 Å². The van der Waals surface area contributed by atoms with Gasteiger partial charge in [0.2, 0.25) is 0 Å². The van der Waals surface area contributed by atoms with Gasteiger partial charge >= 0.3 is 0 Å². The van der Waals surface area contributed by atoms with Crippen LogP contribution in [0, 0.1) is 5.82 Å². The summed E-state index contributed by atoms with van der Waals surface area (Å²) >= 11 is 6.71. The number of hydrogen-bond acceptors (Lipinski definition) is 2. The van der Waals surface area contributed by atoms with Gasteiger partial charge in [-0.15, -0.1) is 0 Å². The van der Waals surface area contributed by atoms with Crippen LogP contribution in [-0.4, -0.2) is 7.05 Å². The highest BCUT2D eigenvalue weighted by atomic mass is 79.9. The summed E-state index contributed by atoms with van der Waals surface area (Å²) in [7, 11) is 1.88. The van der Waals surface area contributed by atoms with E-state index in [9.17, 15) is 4.39 Å². The zero-order chi connectivity index (χ0) is 14.7. The second-order valence-corrected chi connectivity index (χ2v) is 6.23. The summed E-state index contributed by atoms with van der Waals surface area (Å²) in [5.41, 5.74) is 1.00. The summed E-state index contributed by atoms with van der Waals surface area (Å²) in [6.07, 6.45) is 0. The zero-order valence-corrected chi connectivity index (χ0v) is 14.3. The second kappa shape index (κ2) is 6.70. The van der Waals surface area contributed by atoms with E-state index >= 15 is 0 Å². The Hall–Kier alpha value is -0.910. The monoisotopic (exact) mass is 401 g/mol. The Morgan fingerprint density at radius 1 is 1.10 bits per heavy atom. The van der Waals surface area contributed by atoms with Crippen molar-refractivity contribution in [3.05, 3.63) is 56.7 Å². The molecule has 1 unspecified atom stereocenters. The quantitative estimate of drug-likeness (QED) is 0.736. The molecule has 5 heteroatoms. The van der Waals surface area contributed by atoms with E-state index in [1.54, 1.807) is 6.07 Å². The molecule has 1 N–H and O–H groups in total. The molecule has 0 amide bonds. The lowest BCUT2D eigenvalue weighted by atomic mass is 10.1. The third kappa shape index (κ3) is 3.81. The lowest BCUT2D eigenvalue weighted by Crippen LogP contribution is -2.13. The molecular formula is C15H14Br2FNO. The van der Waals surface area contributed by atoms with Gasteiger partial charge in [0.1, 0.15) is 17.3 Å². The van der Waals surface area contributed by atoms with Crippen molar-refractivity contribution in [3.63, 3.8) is 0 Å². The minimum Gasteiger partial charge on any atom is -0.457 e. The minimum atomic E-state index is -0.338. The zero-order valence-electron chi connectivity index (χ0n) is 11.1. The molecule has 106 valence electrons. The Balaban J connectivity index is 2.37. The molecule has 2 nitrogen and oxygen atoms in total. The van der Waals surface area contributed by atoms with Crippen molar-refractivity contribution in [2.75, 3.05) is 7.05 Å². The predicted molar refractivity (Wildman–Crippen MR) is 85.8 cm³/mol. The highest BCUT2D eigenvalue weighted by Gasteiger charge is 2.12. The molecule has 0 spiro atoms. The number of nitrogens with one attached hydrogen (secondary N) is 1. The Bertz CT molecular complexity index is 599. The van der Waals surface area contributed by atoms with E-state index in [0.717, 1.165) is 10.0 Å². The molecule has 0 saturated heterocycles. The summed E-state index contributed by atoms with van der Waals surface area (Å²) in [5, 5.41) is 3.17. The van der Waals surface area contributed by atoms with Crippen molar-refractivity contribution >= 4 is 31.9 Å². The molecule has 2 aromatic rings. The molecule has 0 radical (unpaired) electrons. The maximum Gasteiger partial charge on any atom is 0.132 e. The number of halogens is 3. The molecule has 0 heterocycles. The normalized spacial score (nSPS) is 12.2. The Morgan fingerprint density at radius 3 is 2.50 bits per heavy atom. The second-order valence-electron chi connectivity index (χ2n) is 4.40. The van der Waals surface area contributed by atoms with E-state index in [1.165, 1.54) is 12.1 Å². The van der Waals surface area contributed by atoms with Gasteiger partial charge in [0.25, 0.3) is 0 Å². The van der Waals surface area contributed by atoms with Gasteiger partial charge in [-0.3, -0.25) is 0 Å². The van der Waals surface area contributed by atoms with Gasteiger partial charge < -0.3 is 10.1 Å². The summed E-state index contributed by atoms with van der Waals surface area (Å²) in [6.45, 7) is 2.04. The van der Waals surface area contributed by atoms with Crippen molar-refractivity contribution < 1.29 is 9.13 Å². The van der Waals surface area contributed by atoms with Crippen LogP contribution in [0.5, 0.6) is 11.5 Å². The van der Waals surface area contributed by atoms with Gasteiger partial charge in [0, 0.05) is 26.6 Å². The first kappa shape index (κ1) is 15.5. The highest BCUT2D eigenvalue weighted by molar-refractivity contribution is 9.10. The topological polar surface area (TPSA) is 21.3 Å². The van der Waals surface area contributed by atoms with Crippen LogP contribution in [0.4, 0.5) is 4.39 Å². The molecule has 0 aliphatic heterocycles. The SMILES string of the molecule is CNC(C)c1cc(Br)ccc1Oc1cc(F)cc(Br)c1. The average Bonchev–Trinajstić information content (AvgIpc) is 2.38. The van der Waals surface area contributed by atoms with E-state index in [4.69, 9.17) is 4.74 Å². The first-order valence-electron chi connectivity index (χ1n) is 6.10. The van der Waals surface area contributed by atoms with Crippen LogP contribution in [0.25, 0.3) is 0 Å². The standard InChI is InChI=1S/C15H14Br2FNO/c1-9(19-2)14-7-10(16)3-4-15(14)20-13-6-11(17)5-12(18)8-13/h3-9,19H,1-2H3. The number of ether oxygens (including phenoxy) is 1. The van der Waals surface area contributed by atoms with E-state index in [1.807, 2.05) is 32.2 Å². The van der Waals surface area contributed by atoms with Crippen LogP contribution in [-0.2, 0) is 0 Å². The highest BCUT2D eigenvalue weighted by Crippen LogP contribution is 2.33. The molecule has 20 heavy (non-hydrogen) atoms. The van der Waals surface area contributed by atoms with Crippen molar-refractivity contribution in [1.29, 1.82) is 0 Å². The largest absolute Gasteiger partial charge is 0.457 e. The molecule has 1 atom stereocenters. The third-order valence-electron chi connectivity index (χ3n) is 2.94. The number of rotatable bonds is 4. The summed E-state index contributed by atoms with van der Waals surface area (Å²) in [5.74, 6) is 0.825. The first-order chi connectivity index (χ1) is 9.49. The summed E-state index contributed by atoms with van der Waals surface area (Å²) < 4.78 is 20.8. The van der Waals surface area contributed by atoms with E-state index < -0.39 is 0 Å². The smallest absolute Gasteiger partial charge is 0.132 e. The van der Waals surface area contributed by atoms with Gasteiger partial charge in [0.05, 0.1) is 0 Å². The Labute approximate surface area is 134 Å². The van der Waals surface area contributed by atoms with E-state index in [-0.39, 0.29) is 11.9 Å². The fraction of sp³-hybridized carbons (Fsp3) is 0.200. The van der Waals surface area contributed by atoms with Gasteiger partial charge in [-0.2, -0.15) is 0 Å².